The number of aliphatic hydroxyl groups is 1. The molecule has 128 valence electrons. The van der Waals surface area contributed by atoms with Crippen molar-refractivity contribution in [1.29, 1.82) is 0 Å². The number of ether oxygens (including phenoxy) is 2. The Labute approximate surface area is 139 Å². The first kappa shape index (κ1) is 16.9. The molecule has 23 heavy (non-hydrogen) atoms. The predicted molar refractivity (Wildman–Crippen MR) is 90.3 cm³/mol. The maximum absolute atomic E-state index is 10.3. The van der Waals surface area contributed by atoms with Crippen molar-refractivity contribution in [2.24, 2.45) is 0 Å². The van der Waals surface area contributed by atoms with E-state index in [2.05, 4.69) is 17.0 Å². The third kappa shape index (κ3) is 4.77. The number of hydrogen-bond acceptors (Lipinski definition) is 4. The SMILES string of the molecule is CC1(O)CCOC2(CCN(CCOCc3ccccc3)CC2)C1. The molecule has 4 heteroatoms. The van der Waals surface area contributed by atoms with Crippen LogP contribution in [0.3, 0.4) is 0 Å². The standard InChI is InChI=1S/C19H29NO3/c1-18(21)9-13-23-19(16-18)7-10-20(11-8-19)12-14-22-15-17-5-3-2-4-6-17/h2-6,21H,7-16H2,1H3. The largest absolute Gasteiger partial charge is 0.390 e. The molecule has 1 aromatic rings. The Morgan fingerprint density at radius 3 is 2.61 bits per heavy atom. The number of hydrogen-bond donors (Lipinski definition) is 1. The number of piperidine rings is 1. The topological polar surface area (TPSA) is 41.9 Å². The van der Waals surface area contributed by atoms with Crippen molar-refractivity contribution in [1.82, 2.24) is 4.90 Å². The van der Waals surface area contributed by atoms with Crippen LogP contribution in [-0.2, 0) is 16.1 Å². The summed E-state index contributed by atoms with van der Waals surface area (Å²) in [4.78, 5) is 2.45. The molecule has 4 nitrogen and oxygen atoms in total. The van der Waals surface area contributed by atoms with Crippen molar-refractivity contribution in [3.8, 4) is 0 Å². The molecule has 0 radical (unpaired) electrons. The molecule has 1 spiro atoms. The summed E-state index contributed by atoms with van der Waals surface area (Å²) in [7, 11) is 0. The zero-order valence-corrected chi connectivity index (χ0v) is 14.2. The summed E-state index contributed by atoms with van der Waals surface area (Å²) in [5.74, 6) is 0. The van der Waals surface area contributed by atoms with Gasteiger partial charge in [-0.05, 0) is 31.7 Å². The minimum absolute atomic E-state index is 0.0941. The Morgan fingerprint density at radius 2 is 1.91 bits per heavy atom. The fourth-order valence-electron chi connectivity index (χ4n) is 3.78. The number of rotatable bonds is 5. The van der Waals surface area contributed by atoms with Crippen LogP contribution >= 0.6 is 0 Å². The van der Waals surface area contributed by atoms with Crippen LogP contribution in [0.25, 0.3) is 0 Å². The summed E-state index contributed by atoms with van der Waals surface area (Å²) in [5, 5.41) is 10.3. The molecule has 2 aliphatic heterocycles. The average Bonchev–Trinajstić information content (AvgIpc) is 2.53. The predicted octanol–water partition coefficient (Wildman–Crippen LogP) is 2.60. The van der Waals surface area contributed by atoms with Crippen LogP contribution in [0.4, 0.5) is 0 Å². The molecular formula is C19H29NO3. The van der Waals surface area contributed by atoms with E-state index in [9.17, 15) is 5.11 Å². The molecule has 0 aromatic heterocycles. The van der Waals surface area contributed by atoms with E-state index in [4.69, 9.17) is 9.47 Å². The van der Waals surface area contributed by atoms with Crippen LogP contribution in [0, 0.1) is 0 Å². The molecule has 2 saturated heterocycles. The van der Waals surface area contributed by atoms with Gasteiger partial charge in [0.05, 0.1) is 31.0 Å². The lowest BCUT2D eigenvalue weighted by Crippen LogP contribution is -2.53. The first-order valence-corrected chi connectivity index (χ1v) is 8.77. The molecule has 2 heterocycles. The Hall–Kier alpha value is -0.940. The first-order valence-electron chi connectivity index (χ1n) is 8.77. The van der Waals surface area contributed by atoms with Gasteiger partial charge in [-0.25, -0.2) is 0 Å². The Morgan fingerprint density at radius 1 is 1.17 bits per heavy atom. The van der Waals surface area contributed by atoms with Gasteiger partial charge in [0, 0.05) is 26.1 Å². The molecule has 0 amide bonds. The van der Waals surface area contributed by atoms with E-state index in [0.29, 0.717) is 13.2 Å². The first-order chi connectivity index (χ1) is 11.1. The van der Waals surface area contributed by atoms with Crippen molar-refractivity contribution < 1.29 is 14.6 Å². The molecule has 0 bridgehead atoms. The van der Waals surface area contributed by atoms with Crippen LogP contribution in [0.1, 0.15) is 38.2 Å². The van der Waals surface area contributed by atoms with Gasteiger partial charge in [-0.15, -0.1) is 0 Å². The van der Waals surface area contributed by atoms with E-state index in [-0.39, 0.29) is 5.60 Å². The highest BCUT2D eigenvalue weighted by molar-refractivity contribution is 5.13. The van der Waals surface area contributed by atoms with Crippen LogP contribution in [0.5, 0.6) is 0 Å². The quantitative estimate of drug-likeness (QED) is 0.847. The van der Waals surface area contributed by atoms with Gasteiger partial charge in [-0.2, -0.15) is 0 Å². The summed E-state index contributed by atoms with van der Waals surface area (Å²) in [6.07, 6.45) is 3.56. The van der Waals surface area contributed by atoms with Gasteiger partial charge in [-0.1, -0.05) is 30.3 Å². The summed E-state index contributed by atoms with van der Waals surface area (Å²) in [6.45, 7) is 7.12. The van der Waals surface area contributed by atoms with Gasteiger partial charge in [0.2, 0.25) is 0 Å². The van der Waals surface area contributed by atoms with Gasteiger partial charge in [0.1, 0.15) is 0 Å². The molecule has 0 aliphatic carbocycles. The van der Waals surface area contributed by atoms with Crippen LogP contribution in [0.15, 0.2) is 30.3 Å². The van der Waals surface area contributed by atoms with Gasteiger partial charge in [-0.3, -0.25) is 0 Å². The van der Waals surface area contributed by atoms with Gasteiger partial charge >= 0.3 is 0 Å². The lowest BCUT2D eigenvalue weighted by molar-refractivity contribution is -0.173. The monoisotopic (exact) mass is 319 g/mol. The Bertz CT molecular complexity index is 481. The Kier molecular flexibility index (Phi) is 5.37. The zero-order chi connectivity index (χ0) is 16.2. The maximum atomic E-state index is 10.3. The minimum Gasteiger partial charge on any atom is -0.390 e. The molecule has 0 saturated carbocycles. The third-order valence-corrected chi connectivity index (χ3v) is 5.18. The molecule has 3 rings (SSSR count). The summed E-state index contributed by atoms with van der Waals surface area (Å²) < 4.78 is 11.8. The molecular weight excluding hydrogens is 290 g/mol. The average molecular weight is 319 g/mol. The zero-order valence-electron chi connectivity index (χ0n) is 14.2. The molecule has 1 N–H and O–H groups in total. The maximum Gasteiger partial charge on any atom is 0.0734 e. The van der Waals surface area contributed by atoms with E-state index >= 15 is 0 Å². The fraction of sp³-hybridized carbons (Fsp3) is 0.684. The highest BCUT2D eigenvalue weighted by Gasteiger charge is 2.44. The van der Waals surface area contributed by atoms with Crippen molar-refractivity contribution >= 4 is 0 Å². The third-order valence-electron chi connectivity index (χ3n) is 5.18. The lowest BCUT2D eigenvalue weighted by Gasteiger charge is -2.48. The van der Waals surface area contributed by atoms with Crippen molar-refractivity contribution in [3.63, 3.8) is 0 Å². The van der Waals surface area contributed by atoms with Gasteiger partial charge in [0.15, 0.2) is 0 Å². The molecule has 1 unspecified atom stereocenters. The highest BCUT2D eigenvalue weighted by atomic mass is 16.5. The van der Waals surface area contributed by atoms with Crippen LogP contribution < -0.4 is 0 Å². The molecule has 1 atom stereocenters. The smallest absolute Gasteiger partial charge is 0.0734 e. The number of nitrogens with zero attached hydrogens (tertiary/aromatic N) is 1. The second-order valence-electron chi connectivity index (χ2n) is 7.34. The summed E-state index contributed by atoms with van der Waals surface area (Å²) in [5.41, 5.74) is 0.575. The van der Waals surface area contributed by atoms with E-state index in [0.717, 1.165) is 51.9 Å². The number of benzene rings is 1. The summed E-state index contributed by atoms with van der Waals surface area (Å²) in [6, 6.07) is 10.3. The minimum atomic E-state index is -0.556. The molecule has 2 fully saturated rings. The fourth-order valence-corrected chi connectivity index (χ4v) is 3.78. The van der Waals surface area contributed by atoms with E-state index in [1.165, 1.54) is 5.56 Å². The van der Waals surface area contributed by atoms with Gasteiger partial charge < -0.3 is 19.5 Å². The second-order valence-corrected chi connectivity index (χ2v) is 7.34. The second kappa shape index (κ2) is 7.31. The Balaban J connectivity index is 1.36. The number of likely N-dealkylation sites (tertiary alicyclic amines) is 1. The molecule has 2 aliphatic rings. The van der Waals surface area contributed by atoms with E-state index in [1.807, 2.05) is 25.1 Å². The van der Waals surface area contributed by atoms with E-state index < -0.39 is 5.60 Å². The van der Waals surface area contributed by atoms with Crippen molar-refractivity contribution in [3.05, 3.63) is 35.9 Å². The highest BCUT2D eigenvalue weighted by Crippen LogP contribution is 2.39. The molecule has 1 aromatic carbocycles. The van der Waals surface area contributed by atoms with E-state index in [1.54, 1.807) is 0 Å². The van der Waals surface area contributed by atoms with Crippen LogP contribution in [0.2, 0.25) is 0 Å². The van der Waals surface area contributed by atoms with Gasteiger partial charge in [0.25, 0.3) is 0 Å². The van der Waals surface area contributed by atoms with Crippen LogP contribution in [-0.4, -0.2) is 54.1 Å². The lowest BCUT2D eigenvalue weighted by atomic mass is 9.78. The summed E-state index contributed by atoms with van der Waals surface area (Å²) >= 11 is 0. The normalized spacial score (nSPS) is 28.1. The van der Waals surface area contributed by atoms with Crippen molar-refractivity contribution in [2.75, 3.05) is 32.8 Å². The van der Waals surface area contributed by atoms with Crippen molar-refractivity contribution in [2.45, 2.75) is 50.4 Å².